The van der Waals surface area contributed by atoms with Gasteiger partial charge in [0.1, 0.15) is 0 Å². The average molecular weight is 372 g/mol. The Morgan fingerprint density at radius 2 is 1.52 bits per heavy atom. The fourth-order valence-corrected chi connectivity index (χ4v) is 6.26. The molecule has 0 amide bonds. The molecule has 3 aromatic carbocycles. The van der Waals surface area contributed by atoms with Crippen LogP contribution in [0.5, 0.6) is 0 Å². The monoisotopic (exact) mass is 371 g/mol. The van der Waals surface area contributed by atoms with Crippen LogP contribution in [0.2, 0.25) is 0 Å². The summed E-state index contributed by atoms with van der Waals surface area (Å²) in [6.45, 7) is 5.94. The minimum Gasteiger partial charge on any atom is -0.199 e. The van der Waals surface area contributed by atoms with E-state index < -0.39 is 20.7 Å². The number of fused-ring (bicyclic) bond motifs is 1. The zero-order valence-electron chi connectivity index (χ0n) is 14.5. The molecular weight excluding hydrogens is 350 g/mol. The van der Waals surface area contributed by atoms with Crippen LogP contribution in [0, 0.1) is 6.92 Å². The van der Waals surface area contributed by atoms with E-state index in [0.29, 0.717) is 0 Å². The van der Waals surface area contributed by atoms with Crippen molar-refractivity contribution in [1.29, 1.82) is 0 Å². The van der Waals surface area contributed by atoms with Crippen molar-refractivity contribution >= 4 is 31.5 Å². The van der Waals surface area contributed by atoms with Crippen LogP contribution >= 0.6 is 0 Å². The van der Waals surface area contributed by atoms with Crippen molar-refractivity contribution in [2.75, 3.05) is 0 Å². The number of benzene rings is 3. The van der Waals surface area contributed by atoms with E-state index in [4.69, 9.17) is 0 Å². The van der Waals surface area contributed by atoms with E-state index in [1.807, 2.05) is 63.2 Å². The van der Waals surface area contributed by atoms with Crippen molar-refractivity contribution < 1.29 is 8.42 Å². The zero-order valence-corrected chi connectivity index (χ0v) is 16.1. The standard InChI is InChI=1S/C20H21NO2S2/c1-15(2)24(19-11-10-17-6-4-5-7-18(17)14-19)21-25(22,23)20-12-8-16(3)9-13-20/h4-15H,1-3H3. The van der Waals surface area contributed by atoms with Gasteiger partial charge >= 0.3 is 0 Å². The van der Waals surface area contributed by atoms with Gasteiger partial charge in [-0.15, -0.1) is 3.77 Å². The summed E-state index contributed by atoms with van der Waals surface area (Å²) in [5.74, 6) is 0. The van der Waals surface area contributed by atoms with Crippen molar-refractivity contribution in [1.82, 2.24) is 0 Å². The van der Waals surface area contributed by atoms with E-state index in [0.717, 1.165) is 21.2 Å². The number of hydrogen-bond donors (Lipinski definition) is 0. The largest absolute Gasteiger partial charge is 0.288 e. The summed E-state index contributed by atoms with van der Waals surface area (Å²) in [6, 6.07) is 21.0. The van der Waals surface area contributed by atoms with Crippen molar-refractivity contribution in [2.45, 2.75) is 35.8 Å². The molecule has 3 aromatic rings. The Morgan fingerprint density at radius 1 is 0.880 bits per heavy atom. The quantitative estimate of drug-likeness (QED) is 0.640. The predicted molar refractivity (Wildman–Crippen MR) is 106 cm³/mol. The Bertz CT molecular complexity index is 1040. The van der Waals surface area contributed by atoms with Gasteiger partial charge in [-0.2, -0.15) is 8.42 Å². The highest BCUT2D eigenvalue weighted by molar-refractivity contribution is 8.00. The van der Waals surface area contributed by atoms with Crippen LogP contribution in [0.4, 0.5) is 0 Å². The highest BCUT2D eigenvalue weighted by atomic mass is 32.3. The first-order valence-electron chi connectivity index (χ1n) is 8.13. The first kappa shape index (κ1) is 17.8. The predicted octanol–water partition coefficient (Wildman–Crippen LogP) is 5.11. The van der Waals surface area contributed by atoms with Gasteiger partial charge in [-0.1, -0.05) is 61.9 Å². The maximum atomic E-state index is 12.7. The van der Waals surface area contributed by atoms with Gasteiger partial charge in [0.25, 0.3) is 10.0 Å². The molecular formula is C20H21NO2S2. The van der Waals surface area contributed by atoms with Gasteiger partial charge in [0.2, 0.25) is 0 Å². The molecule has 0 N–H and O–H groups in total. The molecule has 5 heteroatoms. The van der Waals surface area contributed by atoms with Crippen LogP contribution in [0.1, 0.15) is 19.4 Å². The molecule has 0 aromatic heterocycles. The van der Waals surface area contributed by atoms with E-state index in [1.165, 1.54) is 0 Å². The molecule has 130 valence electrons. The van der Waals surface area contributed by atoms with Crippen molar-refractivity contribution in [3.05, 3.63) is 72.3 Å². The number of sulfonamides is 1. The summed E-state index contributed by atoms with van der Waals surface area (Å²) < 4.78 is 29.8. The SMILES string of the molecule is Cc1ccc(S(=O)(=O)N=S(c2ccc3ccccc3c2)C(C)C)cc1. The van der Waals surface area contributed by atoms with Crippen molar-refractivity contribution in [3.8, 4) is 0 Å². The second-order valence-electron chi connectivity index (χ2n) is 6.23. The van der Waals surface area contributed by atoms with Gasteiger partial charge in [0.15, 0.2) is 0 Å². The lowest BCUT2D eigenvalue weighted by atomic mass is 10.1. The van der Waals surface area contributed by atoms with E-state index in [-0.39, 0.29) is 10.1 Å². The van der Waals surface area contributed by atoms with E-state index in [1.54, 1.807) is 24.3 Å². The zero-order chi connectivity index (χ0) is 18.0. The number of rotatable bonds is 4. The molecule has 0 saturated heterocycles. The molecule has 0 fully saturated rings. The van der Waals surface area contributed by atoms with Crippen LogP contribution in [-0.2, 0) is 20.7 Å². The van der Waals surface area contributed by atoms with Gasteiger partial charge in [0, 0.05) is 10.1 Å². The third-order valence-electron chi connectivity index (χ3n) is 3.91. The third-order valence-corrected chi connectivity index (χ3v) is 7.83. The maximum Gasteiger partial charge on any atom is 0.288 e. The average Bonchev–Trinajstić information content (AvgIpc) is 2.59. The lowest BCUT2D eigenvalue weighted by molar-refractivity contribution is 0.598. The van der Waals surface area contributed by atoms with Crippen LogP contribution in [-0.4, -0.2) is 13.7 Å². The third kappa shape index (κ3) is 3.99. The molecule has 0 radical (unpaired) electrons. The highest BCUT2D eigenvalue weighted by Crippen LogP contribution is 2.24. The number of hydrogen-bond acceptors (Lipinski definition) is 2. The Balaban J connectivity index is 2.10. The Morgan fingerprint density at radius 3 is 2.16 bits per heavy atom. The second-order valence-corrected chi connectivity index (χ2v) is 10.3. The molecule has 0 aliphatic carbocycles. The minimum absolute atomic E-state index is 0.0985. The Hall–Kier alpha value is -1.98. The number of nitrogens with zero attached hydrogens (tertiary/aromatic N) is 1. The van der Waals surface area contributed by atoms with E-state index in [2.05, 4.69) is 3.77 Å². The molecule has 3 rings (SSSR count). The first-order valence-corrected chi connectivity index (χ1v) is 10.8. The summed E-state index contributed by atoms with van der Waals surface area (Å²) >= 11 is 0. The first-order chi connectivity index (χ1) is 11.9. The number of aryl methyl sites for hydroxylation is 1. The normalized spacial score (nSPS) is 13.4. The second kappa shape index (κ2) is 7.10. The molecule has 0 aliphatic heterocycles. The summed E-state index contributed by atoms with van der Waals surface area (Å²) in [6.07, 6.45) is 0. The van der Waals surface area contributed by atoms with E-state index in [9.17, 15) is 8.42 Å². The van der Waals surface area contributed by atoms with Crippen LogP contribution < -0.4 is 0 Å². The molecule has 0 spiro atoms. The van der Waals surface area contributed by atoms with Gasteiger partial charge in [-0.3, -0.25) is 0 Å². The summed E-state index contributed by atoms with van der Waals surface area (Å²) in [5, 5.41) is 2.34. The highest BCUT2D eigenvalue weighted by Gasteiger charge is 2.17. The lowest BCUT2D eigenvalue weighted by Gasteiger charge is -2.13. The minimum atomic E-state index is -3.69. The Labute approximate surface area is 151 Å². The fraction of sp³-hybridized carbons (Fsp3) is 0.200. The maximum absolute atomic E-state index is 12.7. The molecule has 0 aliphatic rings. The Kier molecular flexibility index (Phi) is 5.06. The molecule has 1 atom stereocenters. The summed E-state index contributed by atoms with van der Waals surface area (Å²) in [4.78, 5) is 1.20. The van der Waals surface area contributed by atoms with Gasteiger partial charge in [-0.25, -0.2) is 0 Å². The molecule has 25 heavy (non-hydrogen) atoms. The van der Waals surface area contributed by atoms with Crippen LogP contribution in [0.15, 0.2) is 80.3 Å². The van der Waals surface area contributed by atoms with Crippen molar-refractivity contribution in [2.24, 2.45) is 3.77 Å². The lowest BCUT2D eigenvalue weighted by Crippen LogP contribution is -2.09. The van der Waals surface area contributed by atoms with Gasteiger partial charge in [-0.05, 0) is 52.7 Å². The molecule has 0 saturated carbocycles. The van der Waals surface area contributed by atoms with Gasteiger partial charge < -0.3 is 0 Å². The van der Waals surface area contributed by atoms with E-state index >= 15 is 0 Å². The van der Waals surface area contributed by atoms with Crippen LogP contribution in [0.25, 0.3) is 10.8 Å². The fourth-order valence-electron chi connectivity index (χ4n) is 2.56. The van der Waals surface area contributed by atoms with Gasteiger partial charge in [0.05, 0.1) is 4.90 Å². The molecule has 1 unspecified atom stereocenters. The summed E-state index contributed by atoms with van der Waals surface area (Å²) in [5.41, 5.74) is 1.02. The molecule has 0 bridgehead atoms. The topological polar surface area (TPSA) is 46.5 Å². The van der Waals surface area contributed by atoms with Crippen molar-refractivity contribution in [3.63, 3.8) is 0 Å². The smallest absolute Gasteiger partial charge is 0.199 e. The molecule has 0 heterocycles. The van der Waals surface area contributed by atoms with Crippen LogP contribution in [0.3, 0.4) is 0 Å². The molecule has 3 nitrogen and oxygen atoms in total. The summed E-state index contributed by atoms with van der Waals surface area (Å²) in [7, 11) is -4.42.